The molecule has 0 bridgehead atoms. The average molecular weight is 246 g/mol. The van der Waals surface area contributed by atoms with E-state index in [1.165, 1.54) is 12.2 Å². The molecule has 66 valence electrons. The molecule has 1 aliphatic rings. The molecule has 1 atom stereocenters. The topological polar surface area (TPSA) is 17.1 Å². The van der Waals surface area contributed by atoms with Crippen molar-refractivity contribution in [3.05, 3.63) is 23.8 Å². The summed E-state index contributed by atoms with van der Waals surface area (Å²) in [6.07, 6.45) is 4.54. The molecule has 0 saturated carbocycles. The lowest BCUT2D eigenvalue weighted by atomic mass is 10.1. The first-order valence-electron chi connectivity index (χ1n) is 3.06. The van der Waals surface area contributed by atoms with Gasteiger partial charge in [0.2, 0.25) is 5.24 Å². The summed E-state index contributed by atoms with van der Waals surface area (Å²) in [4.78, 5) is 10.8. The quantitative estimate of drug-likeness (QED) is 0.513. The Morgan fingerprint density at radius 1 is 1.50 bits per heavy atom. The zero-order valence-corrected chi connectivity index (χ0v) is 8.75. The van der Waals surface area contributed by atoms with Crippen LogP contribution in [0.25, 0.3) is 0 Å². The van der Waals surface area contributed by atoms with Gasteiger partial charge in [0.15, 0.2) is 4.33 Å². The molecular formula is C7H4Cl4O. The van der Waals surface area contributed by atoms with Gasteiger partial charge in [-0.05, 0) is 17.7 Å². The van der Waals surface area contributed by atoms with Crippen LogP contribution in [0.2, 0.25) is 0 Å². The summed E-state index contributed by atoms with van der Waals surface area (Å²) >= 11 is 22.5. The van der Waals surface area contributed by atoms with Crippen LogP contribution in [0, 0.1) is 0 Å². The SMILES string of the molecule is O=C(Cl)C1=CC=CC(Cl)(Cl)C1Cl. The van der Waals surface area contributed by atoms with E-state index in [4.69, 9.17) is 46.4 Å². The third kappa shape index (κ3) is 1.97. The normalized spacial score (nSPS) is 26.7. The lowest BCUT2D eigenvalue weighted by Gasteiger charge is -2.24. The minimum absolute atomic E-state index is 0.214. The number of alkyl halides is 3. The lowest BCUT2D eigenvalue weighted by Crippen LogP contribution is -2.30. The first-order valence-corrected chi connectivity index (χ1v) is 4.63. The van der Waals surface area contributed by atoms with Gasteiger partial charge < -0.3 is 0 Å². The second kappa shape index (κ2) is 3.59. The van der Waals surface area contributed by atoms with Gasteiger partial charge in [-0.1, -0.05) is 35.4 Å². The van der Waals surface area contributed by atoms with Crippen molar-refractivity contribution in [2.45, 2.75) is 9.71 Å². The number of carbonyl (C=O) groups is 1. The van der Waals surface area contributed by atoms with E-state index in [-0.39, 0.29) is 5.57 Å². The van der Waals surface area contributed by atoms with Gasteiger partial charge in [-0.15, -0.1) is 11.6 Å². The van der Waals surface area contributed by atoms with Crippen LogP contribution < -0.4 is 0 Å². The number of rotatable bonds is 1. The highest BCUT2D eigenvalue weighted by atomic mass is 35.5. The van der Waals surface area contributed by atoms with Gasteiger partial charge >= 0.3 is 0 Å². The minimum atomic E-state index is -1.25. The first kappa shape index (κ1) is 10.4. The Morgan fingerprint density at radius 2 is 2.08 bits per heavy atom. The molecule has 0 aliphatic heterocycles. The molecule has 1 aliphatic carbocycles. The second-order valence-electron chi connectivity index (χ2n) is 2.29. The molecule has 1 unspecified atom stereocenters. The van der Waals surface area contributed by atoms with Gasteiger partial charge in [-0.2, -0.15) is 0 Å². The lowest BCUT2D eigenvalue weighted by molar-refractivity contribution is -0.108. The van der Waals surface area contributed by atoms with E-state index in [1.807, 2.05) is 0 Å². The molecule has 0 spiro atoms. The molecule has 0 aromatic rings. The van der Waals surface area contributed by atoms with Gasteiger partial charge in [0, 0.05) is 5.57 Å². The largest absolute Gasteiger partial charge is 0.276 e. The molecule has 0 amide bonds. The Labute approximate surface area is 89.9 Å². The Bertz CT molecular complexity index is 267. The standard InChI is InChI=1S/C7H4Cl4O/c8-5-4(6(9)12)2-1-3-7(5,10)11/h1-3,5H. The molecule has 5 heteroatoms. The Morgan fingerprint density at radius 3 is 2.50 bits per heavy atom. The summed E-state index contributed by atoms with van der Waals surface area (Å²) in [5.41, 5.74) is 0.214. The van der Waals surface area contributed by atoms with Crippen LogP contribution in [0.1, 0.15) is 0 Å². The van der Waals surface area contributed by atoms with Crippen LogP contribution in [0.3, 0.4) is 0 Å². The highest BCUT2D eigenvalue weighted by Crippen LogP contribution is 2.38. The molecule has 0 fully saturated rings. The summed E-state index contributed by atoms with van der Waals surface area (Å²) in [5.74, 6) is 0. The maximum atomic E-state index is 10.8. The van der Waals surface area contributed by atoms with Crippen molar-refractivity contribution in [2.24, 2.45) is 0 Å². The van der Waals surface area contributed by atoms with Gasteiger partial charge in [0.1, 0.15) is 0 Å². The predicted octanol–water partition coefficient (Wildman–Crippen LogP) is 3.03. The molecule has 12 heavy (non-hydrogen) atoms. The van der Waals surface area contributed by atoms with Gasteiger partial charge in [-0.25, -0.2) is 0 Å². The van der Waals surface area contributed by atoms with Crippen molar-refractivity contribution in [1.82, 2.24) is 0 Å². The van der Waals surface area contributed by atoms with E-state index in [9.17, 15) is 4.79 Å². The fraction of sp³-hybridized carbons (Fsp3) is 0.286. The molecule has 0 aromatic carbocycles. The van der Waals surface area contributed by atoms with E-state index < -0.39 is 15.0 Å². The Hall–Kier alpha value is 0.310. The molecule has 1 rings (SSSR count). The van der Waals surface area contributed by atoms with Crippen molar-refractivity contribution >= 4 is 51.6 Å². The summed E-state index contributed by atoms with van der Waals surface area (Å²) in [5, 5.41) is -1.43. The van der Waals surface area contributed by atoms with Crippen molar-refractivity contribution in [2.75, 3.05) is 0 Å². The zero-order chi connectivity index (χ0) is 9.35. The van der Waals surface area contributed by atoms with Gasteiger partial charge in [0.05, 0.1) is 5.38 Å². The average Bonchev–Trinajstić information content (AvgIpc) is 1.94. The van der Waals surface area contributed by atoms with Crippen LogP contribution in [-0.2, 0) is 4.79 Å². The van der Waals surface area contributed by atoms with Crippen molar-refractivity contribution in [3.63, 3.8) is 0 Å². The molecule has 0 aromatic heterocycles. The molecule has 0 radical (unpaired) electrons. The van der Waals surface area contributed by atoms with Crippen LogP contribution in [0.15, 0.2) is 23.8 Å². The molecule has 0 saturated heterocycles. The van der Waals surface area contributed by atoms with Gasteiger partial charge in [0.25, 0.3) is 0 Å². The smallest absolute Gasteiger partial charge is 0.249 e. The van der Waals surface area contributed by atoms with Crippen LogP contribution >= 0.6 is 46.4 Å². The molecule has 0 heterocycles. The monoisotopic (exact) mass is 244 g/mol. The van der Waals surface area contributed by atoms with Crippen molar-refractivity contribution in [3.8, 4) is 0 Å². The number of hydrogen-bond donors (Lipinski definition) is 0. The number of allylic oxidation sites excluding steroid dienone is 4. The summed E-state index contributed by atoms with van der Waals surface area (Å²) in [7, 11) is 0. The molecule has 0 N–H and O–H groups in total. The third-order valence-electron chi connectivity index (χ3n) is 1.43. The number of hydrogen-bond acceptors (Lipinski definition) is 1. The van der Waals surface area contributed by atoms with Crippen LogP contribution in [0.5, 0.6) is 0 Å². The maximum Gasteiger partial charge on any atom is 0.249 e. The minimum Gasteiger partial charge on any atom is -0.276 e. The predicted molar refractivity (Wildman–Crippen MR) is 52.2 cm³/mol. The summed E-state index contributed by atoms with van der Waals surface area (Å²) in [6, 6.07) is 0. The fourth-order valence-corrected chi connectivity index (χ4v) is 1.67. The van der Waals surface area contributed by atoms with Crippen LogP contribution in [0.4, 0.5) is 0 Å². The summed E-state index contributed by atoms with van der Waals surface area (Å²) in [6.45, 7) is 0. The molecular weight excluding hydrogens is 242 g/mol. The van der Waals surface area contributed by atoms with E-state index in [1.54, 1.807) is 6.08 Å². The summed E-state index contributed by atoms with van der Waals surface area (Å²) < 4.78 is -1.25. The second-order valence-corrected chi connectivity index (χ2v) is 4.52. The number of halogens is 4. The van der Waals surface area contributed by atoms with E-state index in [0.29, 0.717) is 0 Å². The molecule has 1 nitrogen and oxygen atoms in total. The Balaban J connectivity index is 2.99. The highest BCUT2D eigenvalue weighted by Gasteiger charge is 2.37. The highest BCUT2D eigenvalue weighted by molar-refractivity contribution is 6.69. The van der Waals surface area contributed by atoms with Gasteiger partial charge in [-0.3, -0.25) is 4.79 Å². The Kier molecular flexibility index (Phi) is 3.11. The third-order valence-corrected chi connectivity index (χ3v) is 3.14. The zero-order valence-electron chi connectivity index (χ0n) is 5.73. The van der Waals surface area contributed by atoms with E-state index in [0.717, 1.165) is 0 Å². The van der Waals surface area contributed by atoms with Crippen LogP contribution in [-0.4, -0.2) is 15.0 Å². The van der Waals surface area contributed by atoms with E-state index in [2.05, 4.69) is 0 Å². The number of carbonyl (C=O) groups excluding carboxylic acids is 1. The maximum absolute atomic E-state index is 10.8. The fourth-order valence-electron chi connectivity index (χ4n) is 0.822. The first-order chi connectivity index (χ1) is 5.45. The van der Waals surface area contributed by atoms with Crippen molar-refractivity contribution in [1.29, 1.82) is 0 Å². The van der Waals surface area contributed by atoms with Crippen molar-refractivity contribution < 1.29 is 4.79 Å². The van der Waals surface area contributed by atoms with E-state index >= 15 is 0 Å².